The average molecular weight is 763 g/mol. The third-order valence-corrected chi connectivity index (χ3v) is 11.6. The van der Waals surface area contributed by atoms with Crippen LogP contribution in [0.4, 0.5) is 10.2 Å². The maximum atomic E-state index is 16.6. The van der Waals surface area contributed by atoms with Gasteiger partial charge in [-0.25, -0.2) is 4.39 Å². The molecular weight excluding hydrogens is 707 g/mol. The summed E-state index contributed by atoms with van der Waals surface area (Å²) in [7, 11) is 0. The molecule has 0 amide bonds. The zero-order chi connectivity index (χ0) is 38.2. The Kier molecular flexibility index (Phi) is 13.6. The summed E-state index contributed by atoms with van der Waals surface area (Å²) in [5.41, 5.74) is 1.18. The van der Waals surface area contributed by atoms with Crippen LogP contribution < -0.4 is 15.0 Å². The molecule has 4 saturated heterocycles. The molecule has 4 aliphatic rings. The number of pyridine rings is 1. The fourth-order valence-corrected chi connectivity index (χ4v) is 8.49. The molecule has 12 heteroatoms. The number of carboxylic acids is 1. The van der Waals surface area contributed by atoms with E-state index >= 15 is 4.39 Å². The van der Waals surface area contributed by atoms with Gasteiger partial charge in [-0.2, -0.15) is 9.97 Å². The summed E-state index contributed by atoms with van der Waals surface area (Å²) < 4.78 is 28.1. The maximum Gasteiger partial charge on any atom is 0.319 e. The highest BCUT2D eigenvalue weighted by molar-refractivity contribution is 6.36. The molecular formula is C42H56ClFN6O4. The van der Waals surface area contributed by atoms with Gasteiger partial charge in [0.05, 0.1) is 16.8 Å². The van der Waals surface area contributed by atoms with Gasteiger partial charge >= 0.3 is 12.0 Å². The van der Waals surface area contributed by atoms with Crippen molar-refractivity contribution in [3.05, 3.63) is 53.4 Å². The van der Waals surface area contributed by atoms with Crippen molar-refractivity contribution in [2.75, 3.05) is 50.9 Å². The van der Waals surface area contributed by atoms with Crippen molar-refractivity contribution in [2.45, 2.75) is 103 Å². The fourth-order valence-electron chi connectivity index (χ4n) is 8.20. The van der Waals surface area contributed by atoms with E-state index in [0.717, 1.165) is 95.1 Å². The van der Waals surface area contributed by atoms with Gasteiger partial charge in [-0.15, -0.1) is 0 Å². The molecule has 4 fully saturated rings. The average Bonchev–Trinajstić information content (AvgIpc) is 3.87. The van der Waals surface area contributed by atoms with Gasteiger partial charge in [0.15, 0.2) is 5.82 Å². The lowest BCUT2D eigenvalue weighted by Crippen LogP contribution is -2.51. The Hall–Kier alpha value is -3.64. The van der Waals surface area contributed by atoms with Gasteiger partial charge in [0.1, 0.15) is 23.6 Å². The van der Waals surface area contributed by atoms with E-state index in [2.05, 4.69) is 33.9 Å². The van der Waals surface area contributed by atoms with E-state index in [1.807, 2.05) is 43.3 Å². The number of anilines is 1. The van der Waals surface area contributed by atoms with Crippen LogP contribution in [-0.2, 0) is 9.53 Å². The number of carboxylic acid groups (broad SMARTS) is 1. The Morgan fingerprint density at radius 1 is 1.04 bits per heavy atom. The molecule has 2 N–H and O–H groups in total. The molecule has 292 valence electrons. The number of ether oxygens (including phenoxy) is 2. The van der Waals surface area contributed by atoms with Gasteiger partial charge in [-0.05, 0) is 82.3 Å². The van der Waals surface area contributed by atoms with Gasteiger partial charge in [-0.1, -0.05) is 69.6 Å². The van der Waals surface area contributed by atoms with Crippen LogP contribution in [0.5, 0.6) is 6.01 Å². The van der Waals surface area contributed by atoms with E-state index in [1.54, 1.807) is 13.1 Å². The number of aromatic nitrogens is 3. The SMILES string of the molecule is CCC(C)C(=O)O.CCCOCCC.Fc1c(-c2cccc3cccc(Cl)c23)ncc2c(N3CC4CCC(C3)N4)nc(OCC34CCCN3CCC4)nc12. The molecule has 0 saturated carbocycles. The van der Waals surface area contributed by atoms with Gasteiger partial charge < -0.3 is 24.8 Å². The third kappa shape index (κ3) is 8.91. The van der Waals surface area contributed by atoms with Crippen molar-refractivity contribution in [3.63, 3.8) is 0 Å². The van der Waals surface area contributed by atoms with E-state index in [0.29, 0.717) is 40.5 Å². The molecule has 10 nitrogen and oxygen atoms in total. The first-order valence-electron chi connectivity index (χ1n) is 19.9. The van der Waals surface area contributed by atoms with Crippen LogP contribution in [0.2, 0.25) is 5.02 Å². The predicted octanol–water partition coefficient (Wildman–Crippen LogP) is 8.53. The first-order valence-corrected chi connectivity index (χ1v) is 20.3. The van der Waals surface area contributed by atoms with Gasteiger partial charge in [0.25, 0.3) is 0 Å². The molecule has 0 radical (unpaired) electrons. The molecule has 8 rings (SSSR count). The number of benzene rings is 2. The largest absolute Gasteiger partial charge is 0.481 e. The molecule has 4 aliphatic heterocycles. The Labute approximate surface area is 323 Å². The third-order valence-electron chi connectivity index (χ3n) is 11.3. The lowest BCUT2D eigenvalue weighted by atomic mass is 9.95. The predicted molar refractivity (Wildman–Crippen MR) is 214 cm³/mol. The summed E-state index contributed by atoms with van der Waals surface area (Å²) in [6.07, 6.45) is 11.6. The highest BCUT2D eigenvalue weighted by atomic mass is 35.5. The molecule has 54 heavy (non-hydrogen) atoms. The summed E-state index contributed by atoms with van der Waals surface area (Å²) in [6.45, 7) is 14.1. The van der Waals surface area contributed by atoms with Crippen molar-refractivity contribution >= 4 is 45.1 Å². The van der Waals surface area contributed by atoms with Crippen LogP contribution in [0.15, 0.2) is 42.6 Å². The monoisotopic (exact) mass is 762 g/mol. The summed E-state index contributed by atoms with van der Waals surface area (Å²) in [4.78, 5) is 29.0. The van der Waals surface area contributed by atoms with E-state index in [1.165, 1.54) is 12.8 Å². The topological polar surface area (TPSA) is 113 Å². The number of rotatable bonds is 11. The Morgan fingerprint density at radius 3 is 2.31 bits per heavy atom. The van der Waals surface area contributed by atoms with Gasteiger partial charge in [0, 0.05) is 60.6 Å². The van der Waals surface area contributed by atoms with E-state index in [-0.39, 0.29) is 28.7 Å². The summed E-state index contributed by atoms with van der Waals surface area (Å²) in [5.74, 6) is -0.653. The van der Waals surface area contributed by atoms with Crippen LogP contribution in [0.3, 0.4) is 0 Å². The molecule has 3 unspecified atom stereocenters. The minimum absolute atomic E-state index is 0.0499. The van der Waals surface area contributed by atoms with E-state index in [4.69, 9.17) is 36.1 Å². The zero-order valence-electron chi connectivity index (χ0n) is 32.3. The molecule has 0 spiro atoms. The molecule has 2 aromatic heterocycles. The van der Waals surface area contributed by atoms with Crippen molar-refractivity contribution in [3.8, 4) is 17.3 Å². The zero-order valence-corrected chi connectivity index (χ0v) is 33.0. The van der Waals surface area contributed by atoms with Crippen LogP contribution in [0, 0.1) is 11.7 Å². The maximum absolute atomic E-state index is 16.6. The fraction of sp³-hybridized carbons (Fsp3) is 0.571. The summed E-state index contributed by atoms with van der Waals surface area (Å²) in [6, 6.07) is 12.5. The number of fused-ring (bicyclic) bond motifs is 5. The van der Waals surface area contributed by atoms with Crippen molar-refractivity contribution in [1.29, 1.82) is 0 Å². The standard InChI is InChI=1S/C31H32ClFN6O.C6H14O.C5H10O2/c32-24-8-2-6-19-5-1-7-22(25(19)24)27-26(33)28-23(15-34-27)29(38-16-20-9-10-21(17-38)35-20)37-30(36-28)40-18-31-11-3-13-39(31)14-4-12-31;1-3-5-7-6-4-2;1-3-4(2)5(6)7/h1-2,5-8,15,20-21,35H,3-4,9-14,16-18H2;3-6H2,1-2H3;4H,3H2,1-2H3,(H,6,7). The summed E-state index contributed by atoms with van der Waals surface area (Å²) >= 11 is 6.60. The molecule has 2 aromatic carbocycles. The Morgan fingerprint density at radius 2 is 1.70 bits per heavy atom. The second-order valence-corrected chi connectivity index (χ2v) is 15.6. The van der Waals surface area contributed by atoms with Gasteiger partial charge in [0.2, 0.25) is 0 Å². The number of hydrogen-bond acceptors (Lipinski definition) is 9. The highest BCUT2D eigenvalue weighted by Gasteiger charge is 2.45. The Bertz CT molecular complexity index is 1870. The second kappa shape index (κ2) is 18.3. The molecule has 0 aliphatic carbocycles. The molecule has 4 aromatic rings. The van der Waals surface area contributed by atoms with Gasteiger partial charge in [-0.3, -0.25) is 14.7 Å². The number of nitrogens with one attached hydrogen (secondary N) is 1. The van der Waals surface area contributed by atoms with Crippen LogP contribution in [0.1, 0.15) is 85.5 Å². The van der Waals surface area contributed by atoms with E-state index in [9.17, 15) is 4.79 Å². The molecule has 2 bridgehead atoms. The minimum Gasteiger partial charge on any atom is -0.481 e. The first kappa shape index (κ1) is 40.0. The lowest BCUT2D eigenvalue weighted by Gasteiger charge is -2.34. The van der Waals surface area contributed by atoms with Crippen LogP contribution in [0.25, 0.3) is 32.9 Å². The van der Waals surface area contributed by atoms with Crippen LogP contribution >= 0.6 is 11.6 Å². The Balaban J connectivity index is 0.000000304. The van der Waals surface area contributed by atoms with E-state index < -0.39 is 11.8 Å². The summed E-state index contributed by atoms with van der Waals surface area (Å²) in [5, 5.41) is 14.8. The van der Waals surface area contributed by atoms with Crippen LogP contribution in [-0.4, -0.2) is 94.5 Å². The normalized spacial score (nSPS) is 20.6. The van der Waals surface area contributed by atoms with Crippen molar-refractivity contribution in [2.24, 2.45) is 5.92 Å². The smallest absolute Gasteiger partial charge is 0.319 e. The molecule has 6 heterocycles. The number of piperazine rings is 1. The number of nitrogens with zero attached hydrogens (tertiary/aromatic N) is 5. The number of hydrogen-bond donors (Lipinski definition) is 2. The second-order valence-electron chi connectivity index (χ2n) is 15.2. The molecule has 3 atom stereocenters. The lowest BCUT2D eigenvalue weighted by molar-refractivity contribution is -0.141. The number of halogens is 2. The number of aliphatic carboxylic acids is 1. The quantitative estimate of drug-likeness (QED) is 0.144. The first-order chi connectivity index (χ1) is 26.2. The number of carbonyl (C=O) groups is 1. The highest BCUT2D eigenvalue weighted by Crippen LogP contribution is 2.41. The van der Waals surface area contributed by atoms with Crippen molar-refractivity contribution < 1.29 is 23.8 Å². The minimum atomic E-state index is -0.706. The van der Waals surface area contributed by atoms with Crippen molar-refractivity contribution in [1.82, 2.24) is 25.2 Å².